The Morgan fingerprint density at radius 2 is 1.42 bits per heavy atom. The molecule has 1 rings (SSSR count). The van der Waals surface area contributed by atoms with Gasteiger partial charge in [-0.25, -0.2) is 0 Å². The molecule has 0 amide bonds. The second kappa shape index (κ2) is 8.03. The maximum Gasteiger partial charge on any atom is 0.0916 e. The molecule has 0 heterocycles. The summed E-state index contributed by atoms with van der Waals surface area (Å²) in [7, 11) is 0. The van der Waals surface area contributed by atoms with Crippen LogP contribution < -0.4 is 0 Å². The molecule has 0 unspecified atom stereocenters. The molecule has 0 radical (unpaired) electrons. The number of hydrogen-bond acceptors (Lipinski definition) is 2. The second-order valence-electron chi connectivity index (χ2n) is 6.07. The third-order valence-corrected chi connectivity index (χ3v) is 3.46. The number of halogens is 1. The van der Waals surface area contributed by atoms with Crippen molar-refractivity contribution in [3.8, 4) is 0 Å². The maximum atomic E-state index is 10.4. The van der Waals surface area contributed by atoms with E-state index in [4.69, 9.17) is 0 Å². The Balaban J connectivity index is 2.63. The molecule has 1 N–H and O–H groups in total. The van der Waals surface area contributed by atoms with Crippen LogP contribution in [0, 0.1) is 11.8 Å². The molecule has 19 heavy (non-hydrogen) atoms. The molecular weight excluding hydrogens is 302 g/mol. The van der Waals surface area contributed by atoms with E-state index >= 15 is 0 Å². The number of aliphatic hydroxyl groups excluding tert-OH is 1. The molecule has 1 aromatic rings. The van der Waals surface area contributed by atoms with Gasteiger partial charge in [-0.2, -0.15) is 0 Å². The quantitative estimate of drug-likeness (QED) is 0.815. The Labute approximate surface area is 126 Å². The van der Waals surface area contributed by atoms with Crippen LogP contribution in [0.25, 0.3) is 0 Å². The summed E-state index contributed by atoms with van der Waals surface area (Å²) in [6, 6.07) is 7.93. The molecule has 0 fully saturated rings. The Bertz CT molecular complexity index is 352. The number of nitrogens with zero attached hydrogens (tertiary/aromatic N) is 1. The van der Waals surface area contributed by atoms with Crippen molar-refractivity contribution in [1.82, 2.24) is 4.90 Å². The van der Waals surface area contributed by atoms with Crippen LogP contribution >= 0.6 is 15.9 Å². The third kappa shape index (κ3) is 6.55. The largest absolute Gasteiger partial charge is 0.387 e. The Hall–Kier alpha value is -0.380. The smallest absolute Gasteiger partial charge is 0.0916 e. The average Bonchev–Trinajstić information content (AvgIpc) is 2.27. The minimum Gasteiger partial charge on any atom is -0.387 e. The summed E-state index contributed by atoms with van der Waals surface area (Å²) in [6.45, 7) is 11.7. The van der Waals surface area contributed by atoms with Crippen LogP contribution in [0.15, 0.2) is 28.7 Å². The van der Waals surface area contributed by atoms with Crippen LogP contribution in [0.3, 0.4) is 0 Å². The maximum absolute atomic E-state index is 10.4. The molecule has 1 aromatic carbocycles. The van der Waals surface area contributed by atoms with E-state index in [0.29, 0.717) is 18.4 Å². The zero-order valence-electron chi connectivity index (χ0n) is 12.4. The Kier molecular flexibility index (Phi) is 7.05. The van der Waals surface area contributed by atoms with Crippen molar-refractivity contribution in [3.63, 3.8) is 0 Å². The molecule has 1 atom stereocenters. The normalized spacial score (nSPS) is 13.5. The molecule has 3 heteroatoms. The average molecular weight is 328 g/mol. The van der Waals surface area contributed by atoms with Crippen LogP contribution in [0.4, 0.5) is 0 Å². The molecule has 0 spiro atoms. The van der Waals surface area contributed by atoms with Gasteiger partial charge in [-0.3, -0.25) is 4.90 Å². The summed E-state index contributed by atoms with van der Waals surface area (Å²) in [5, 5.41) is 10.4. The van der Waals surface area contributed by atoms with Gasteiger partial charge in [0.05, 0.1) is 6.10 Å². The first-order valence-electron chi connectivity index (χ1n) is 7.04. The standard InChI is InChI=1S/C16H26BrNO/c1-12(2)9-18(10-13(3)4)11-16(19)14-5-7-15(17)8-6-14/h5-8,12-13,16,19H,9-11H2,1-4H3/t16-/m1/s1. The van der Waals surface area contributed by atoms with E-state index in [1.807, 2.05) is 24.3 Å². The lowest BCUT2D eigenvalue weighted by molar-refractivity contribution is 0.0987. The monoisotopic (exact) mass is 327 g/mol. The predicted octanol–water partition coefficient (Wildman–Crippen LogP) is 4.10. The lowest BCUT2D eigenvalue weighted by Gasteiger charge is -2.28. The van der Waals surface area contributed by atoms with Crippen LogP contribution in [0.5, 0.6) is 0 Å². The summed E-state index contributed by atoms with van der Waals surface area (Å²) < 4.78 is 1.05. The fourth-order valence-corrected chi connectivity index (χ4v) is 2.56. The number of benzene rings is 1. The topological polar surface area (TPSA) is 23.5 Å². The molecule has 0 saturated heterocycles. The van der Waals surface area contributed by atoms with Crippen molar-refractivity contribution in [2.75, 3.05) is 19.6 Å². The van der Waals surface area contributed by atoms with Crippen molar-refractivity contribution in [2.45, 2.75) is 33.8 Å². The molecule has 2 nitrogen and oxygen atoms in total. The fraction of sp³-hybridized carbons (Fsp3) is 0.625. The molecule has 0 aliphatic carbocycles. The summed E-state index contributed by atoms with van der Waals surface area (Å²) in [4.78, 5) is 2.36. The van der Waals surface area contributed by atoms with Crippen molar-refractivity contribution in [3.05, 3.63) is 34.3 Å². The van der Waals surface area contributed by atoms with Crippen LogP contribution in [0.2, 0.25) is 0 Å². The molecule has 0 bridgehead atoms. The molecule has 108 valence electrons. The van der Waals surface area contributed by atoms with Crippen LogP contribution in [0.1, 0.15) is 39.4 Å². The van der Waals surface area contributed by atoms with E-state index in [1.165, 1.54) is 0 Å². The summed E-state index contributed by atoms with van der Waals surface area (Å²) >= 11 is 3.42. The first kappa shape index (κ1) is 16.7. The summed E-state index contributed by atoms with van der Waals surface area (Å²) in [5.74, 6) is 1.24. The van der Waals surface area contributed by atoms with Gasteiger partial charge >= 0.3 is 0 Å². The molecule has 0 aromatic heterocycles. The molecular formula is C16H26BrNO. The van der Waals surface area contributed by atoms with Crippen molar-refractivity contribution < 1.29 is 5.11 Å². The van der Waals surface area contributed by atoms with Gasteiger partial charge in [0.25, 0.3) is 0 Å². The minimum atomic E-state index is -0.411. The fourth-order valence-electron chi connectivity index (χ4n) is 2.29. The van der Waals surface area contributed by atoms with Gasteiger partial charge in [0.15, 0.2) is 0 Å². The second-order valence-corrected chi connectivity index (χ2v) is 6.99. The van der Waals surface area contributed by atoms with Gasteiger partial charge in [0.1, 0.15) is 0 Å². The van der Waals surface area contributed by atoms with Gasteiger partial charge < -0.3 is 5.11 Å². The van der Waals surface area contributed by atoms with E-state index in [0.717, 1.165) is 23.1 Å². The zero-order chi connectivity index (χ0) is 14.4. The highest BCUT2D eigenvalue weighted by Crippen LogP contribution is 2.18. The lowest BCUT2D eigenvalue weighted by Crippen LogP contribution is -2.35. The number of aliphatic hydroxyl groups is 1. The van der Waals surface area contributed by atoms with Gasteiger partial charge in [-0.05, 0) is 29.5 Å². The van der Waals surface area contributed by atoms with Gasteiger partial charge in [0.2, 0.25) is 0 Å². The zero-order valence-corrected chi connectivity index (χ0v) is 14.0. The SMILES string of the molecule is CC(C)CN(CC(C)C)C[C@@H](O)c1ccc(Br)cc1. The van der Waals surface area contributed by atoms with Gasteiger partial charge in [-0.15, -0.1) is 0 Å². The third-order valence-electron chi connectivity index (χ3n) is 2.93. The summed E-state index contributed by atoms with van der Waals surface area (Å²) in [6.07, 6.45) is -0.411. The van der Waals surface area contributed by atoms with Crippen molar-refractivity contribution in [2.24, 2.45) is 11.8 Å². The number of hydrogen-bond donors (Lipinski definition) is 1. The predicted molar refractivity (Wildman–Crippen MR) is 85.2 cm³/mol. The highest BCUT2D eigenvalue weighted by atomic mass is 79.9. The first-order valence-corrected chi connectivity index (χ1v) is 7.83. The lowest BCUT2D eigenvalue weighted by atomic mass is 10.1. The van der Waals surface area contributed by atoms with Gasteiger partial charge in [-0.1, -0.05) is 55.8 Å². The highest BCUT2D eigenvalue weighted by molar-refractivity contribution is 9.10. The van der Waals surface area contributed by atoms with E-state index in [-0.39, 0.29) is 0 Å². The van der Waals surface area contributed by atoms with Gasteiger partial charge in [0, 0.05) is 24.1 Å². The Morgan fingerprint density at radius 1 is 0.947 bits per heavy atom. The van der Waals surface area contributed by atoms with Crippen LogP contribution in [-0.2, 0) is 0 Å². The summed E-state index contributed by atoms with van der Waals surface area (Å²) in [5.41, 5.74) is 0.987. The van der Waals surface area contributed by atoms with Crippen molar-refractivity contribution >= 4 is 15.9 Å². The molecule has 0 aliphatic heterocycles. The van der Waals surface area contributed by atoms with E-state index in [2.05, 4.69) is 48.5 Å². The number of rotatable bonds is 7. The first-order chi connectivity index (χ1) is 8.88. The molecule has 0 saturated carbocycles. The Morgan fingerprint density at radius 3 is 1.84 bits per heavy atom. The van der Waals surface area contributed by atoms with Crippen LogP contribution in [-0.4, -0.2) is 29.6 Å². The van der Waals surface area contributed by atoms with E-state index in [9.17, 15) is 5.11 Å². The van der Waals surface area contributed by atoms with E-state index < -0.39 is 6.10 Å². The molecule has 0 aliphatic rings. The van der Waals surface area contributed by atoms with E-state index in [1.54, 1.807) is 0 Å². The minimum absolute atomic E-state index is 0.411. The van der Waals surface area contributed by atoms with Crippen molar-refractivity contribution in [1.29, 1.82) is 0 Å². The highest BCUT2D eigenvalue weighted by Gasteiger charge is 2.15.